The molecule has 9 heteroatoms. The van der Waals surface area contributed by atoms with Crippen molar-refractivity contribution in [3.8, 4) is 11.5 Å². The van der Waals surface area contributed by atoms with E-state index in [1.807, 2.05) is 18.2 Å². The van der Waals surface area contributed by atoms with Gasteiger partial charge in [0, 0.05) is 11.2 Å². The molecule has 0 spiro atoms. The minimum atomic E-state index is -0.320. The van der Waals surface area contributed by atoms with Crippen molar-refractivity contribution in [3.05, 3.63) is 76.0 Å². The summed E-state index contributed by atoms with van der Waals surface area (Å²) in [6.45, 7) is 0.203. The Morgan fingerprint density at radius 1 is 1.06 bits per heavy atom. The van der Waals surface area contributed by atoms with Crippen LogP contribution >= 0.6 is 34.5 Å². The molecule has 1 amide bonds. The van der Waals surface area contributed by atoms with Gasteiger partial charge in [0.25, 0.3) is 5.91 Å². The zero-order valence-corrected chi connectivity index (χ0v) is 19.0. The standard InChI is InChI=1S/C22H17Cl2N3O3S/c1-29-17-8-6-13(23)11-15(17)21(28)27(12-14-5-3-4-10-25-14)22-26-19-18(30-2)9-7-16(24)20(19)31-22/h3-11H,12H2,1-2H3. The van der Waals surface area contributed by atoms with Crippen LogP contribution < -0.4 is 14.4 Å². The largest absolute Gasteiger partial charge is 0.496 e. The van der Waals surface area contributed by atoms with Gasteiger partial charge >= 0.3 is 0 Å². The van der Waals surface area contributed by atoms with E-state index in [-0.39, 0.29) is 12.5 Å². The minimum Gasteiger partial charge on any atom is -0.496 e. The van der Waals surface area contributed by atoms with Crippen molar-refractivity contribution in [1.82, 2.24) is 9.97 Å². The average molecular weight is 474 g/mol. The summed E-state index contributed by atoms with van der Waals surface area (Å²) in [5.41, 5.74) is 1.62. The van der Waals surface area contributed by atoms with Gasteiger partial charge in [-0.2, -0.15) is 0 Å². The van der Waals surface area contributed by atoms with Crippen LogP contribution in [-0.4, -0.2) is 30.1 Å². The van der Waals surface area contributed by atoms with E-state index in [1.165, 1.54) is 23.3 Å². The van der Waals surface area contributed by atoms with E-state index in [2.05, 4.69) is 9.97 Å². The van der Waals surface area contributed by atoms with E-state index in [0.717, 1.165) is 4.70 Å². The fourth-order valence-electron chi connectivity index (χ4n) is 3.09. The second kappa shape index (κ2) is 9.09. The number of pyridine rings is 1. The summed E-state index contributed by atoms with van der Waals surface area (Å²) in [6.07, 6.45) is 1.68. The number of methoxy groups -OCH3 is 2. The smallest absolute Gasteiger partial charge is 0.264 e. The van der Waals surface area contributed by atoms with Gasteiger partial charge in [0.15, 0.2) is 5.13 Å². The molecule has 0 N–H and O–H groups in total. The topological polar surface area (TPSA) is 64.5 Å². The van der Waals surface area contributed by atoms with Crippen LogP contribution in [0.2, 0.25) is 10.0 Å². The van der Waals surface area contributed by atoms with Crippen molar-refractivity contribution in [1.29, 1.82) is 0 Å². The number of carbonyl (C=O) groups excluding carboxylic acids is 1. The highest BCUT2D eigenvalue weighted by molar-refractivity contribution is 7.23. The van der Waals surface area contributed by atoms with Gasteiger partial charge in [-0.3, -0.25) is 14.7 Å². The fraction of sp³-hybridized carbons (Fsp3) is 0.136. The van der Waals surface area contributed by atoms with Crippen LogP contribution in [0.5, 0.6) is 11.5 Å². The van der Waals surface area contributed by atoms with Crippen LogP contribution in [-0.2, 0) is 6.54 Å². The summed E-state index contributed by atoms with van der Waals surface area (Å²) < 4.78 is 11.5. The number of hydrogen-bond donors (Lipinski definition) is 0. The summed E-state index contributed by atoms with van der Waals surface area (Å²) >= 11 is 13.9. The second-order valence-corrected chi connectivity index (χ2v) is 8.30. The third kappa shape index (κ3) is 4.30. The molecule has 2 aromatic carbocycles. The van der Waals surface area contributed by atoms with Gasteiger partial charge in [-0.25, -0.2) is 4.98 Å². The van der Waals surface area contributed by atoms with Gasteiger partial charge in [0.2, 0.25) is 0 Å². The van der Waals surface area contributed by atoms with E-state index in [4.69, 9.17) is 32.7 Å². The molecule has 0 aliphatic rings. The molecule has 4 rings (SSSR count). The summed E-state index contributed by atoms with van der Waals surface area (Å²) in [6, 6.07) is 13.9. The maximum absolute atomic E-state index is 13.7. The molecule has 0 aliphatic heterocycles. The van der Waals surface area contributed by atoms with E-state index in [1.54, 1.807) is 43.6 Å². The number of carbonyl (C=O) groups is 1. The Labute approximate surface area is 193 Å². The van der Waals surface area contributed by atoms with Crippen molar-refractivity contribution in [2.45, 2.75) is 6.54 Å². The van der Waals surface area contributed by atoms with Gasteiger partial charge in [0.05, 0.1) is 41.7 Å². The van der Waals surface area contributed by atoms with E-state index < -0.39 is 0 Å². The summed E-state index contributed by atoms with van der Waals surface area (Å²) in [5, 5.41) is 1.42. The van der Waals surface area contributed by atoms with E-state index >= 15 is 0 Å². The van der Waals surface area contributed by atoms with Crippen molar-refractivity contribution in [3.63, 3.8) is 0 Å². The molecular weight excluding hydrogens is 457 g/mol. The van der Waals surface area contributed by atoms with Crippen molar-refractivity contribution in [2.24, 2.45) is 0 Å². The zero-order chi connectivity index (χ0) is 22.0. The van der Waals surface area contributed by atoms with Gasteiger partial charge in [0.1, 0.15) is 17.0 Å². The number of benzene rings is 2. The lowest BCUT2D eigenvalue weighted by molar-refractivity contribution is 0.0982. The van der Waals surface area contributed by atoms with Gasteiger partial charge in [-0.05, 0) is 42.5 Å². The van der Waals surface area contributed by atoms with Gasteiger partial charge in [-0.1, -0.05) is 40.6 Å². The SMILES string of the molecule is COc1ccc(Cl)cc1C(=O)N(Cc1ccccn1)c1nc2c(OC)ccc(Cl)c2s1. The number of fused-ring (bicyclic) bond motifs is 1. The first kappa shape index (κ1) is 21.4. The van der Waals surface area contributed by atoms with Gasteiger partial charge in [-0.15, -0.1) is 0 Å². The quantitative estimate of drug-likeness (QED) is 0.350. The van der Waals surface area contributed by atoms with Crippen molar-refractivity contribution >= 4 is 55.8 Å². The molecule has 0 aliphatic carbocycles. The lowest BCUT2D eigenvalue weighted by Gasteiger charge is -2.21. The van der Waals surface area contributed by atoms with Crippen molar-refractivity contribution in [2.75, 3.05) is 19.1 Å². The average Bonchev–Trinajstić information content (AvgIpc) is 3.24. The maximum atomic E-state index is 13.7. The number of nitrogens with zero attached hydrogens (tertiary/aromatic N) is 3. The second-order valence-electron chi connectivity index (χ2n) is 6.48. The Balaban J connectivity index is 1.86. The maximum Gasteiger partial charge on any atom is 0.264 e. The molecule has 4 aromatic rings. The summed E-state index contributed by atoms with van der Waals surface area (Å²) in [7, 11) is 3.07. The molecule has 0 saturated carbocycles. The third-order valence-corrected chi connectivity index (χ3v) is 6.36. The summed E-state index contributed by atoms with van der Waals surface area (Å²) in [5.74, 6) is 0.670. The normalized spacial score (nSPS) is 10.8. The first-order valence-corrected chi connectivity index (χ1v) is 10.8. The minimum absolute atomic E-state index is 0.203. The molecule has 158 valence electrons. The molecule has 0 unspecified atom stereocenters. The molecule has 0 fully saturated rings. The molecule has 2 aromatic heterocycles. The predicted molar refractivity (Wildman–Crippen MR) is 124 cm³/mol. The molecule has 0 atom stereocenters. The Morgan fingerprint density at radius 3 is 2.55 bits per heavy atom. The molecule has 2 heterocycles. The Kier molecular flexibility index (Phi) is 6.27. The van der Waals surface area contributed by atoms with E-state index in [0.29, 0.717) is 43.4 Å². The van der Waals surface area contributed by atoms with Crippen LogP contribution in [0.15, 0.2) is 54.7 Å². The van der Waals surface area contributed by atoms with Crippen LogP contribution in [0.25, 0.3) is 10.2 Å². The van der Waals surface area contributed by atoms with Crippen molar-refractivity contribution < 1.29 is 14.3 Å². The van der Waals surface area contributed by atoms with Crippen LogP contribution in [0, 0.1) is 0 Å². The first-order valence-electron chi connectivity index (χ1n) is 9.20. The molecule has 0 radical (unpaired) electrons. The summed E-state index contributed by atoms with van der Waals surface area (Å²) in [4.78, 5) is 24.2. The lowest BCUT2D eigenvalue weighted by Crippen LogP contribution is -2.31. The molecule has 6 nitrogen and oxygen atoms in total. The molecule has 31 heavy (non-hydrogen) atoms. The fourth-order valence-corrected chi connectivity index (χ4v) is 4.52. The number of ether oxygens (including phenoxy) is 2. The monoisotopic (exact) mass is 473 g/mol. The molecule has 0 bridgehead atoms. The van der Waals surface area contributed by atoms with Crippen LogP contribution in [0.4, 0.5) is 5.13 Å². The number of hydrogen-bond acceptors (Lipinski definition) is 6. The predicted octanol–water partition coefficient (Wildman–Crippen LogP) is 5.86. The highest BCUT2D eigenvalue weighted by atomic mass is 35.5. The third-order valence-electron chi connectivity index (χ3n) is 4.58. The number of anilines is 1. The number of amides is 1. The zero-order valence-electron chi connectivity index (χ0n) is 16.6. The number of rotatable bonds is 6. The van der Waals surface area contributed by atoms with Gasteiger partial charge < -0.3 is 9.47 Å². The Hall–Kier alpha value is -2.87. The lowest BCUT2D eigenvalue weighted by atomic mass is 10.1. The highest BCUT2D eigenvalue weighted by Gasteiger charge is 2.26. The molecule has 0 saturated heterocycles. The number of thiazole rings is 1. The first-order chi connectivity index (χ1) is 15.0. The highest BCUT2D eigenvalue weighted by Crippen LogP contribution is 2.40. The Morgan fingerprint density at radius 2 is 1.84 bits per heavy atom. The van der Waals surface area contributed by atoms with Crippen LogP contribution in [0.1, 0.15) is 16.1 Å². The van der Waals surface area contributed by atoms with E-state index in [9.17, 15) is 4.79 Å². The number of halogens is 2. The van der Waals surface area contributed by atoms with Crippen LogP contribution in [0.3, 0.4) is 0 Å². The number of aromatic nitrogens is 2. The Bertz CT molecular complexity index is 1250. The molecular formula is C22H17Cl2N3O3S.